The van der Waals surface area contributed by atoms with E-state index in [1.807, 2.05) is 26.0 Å². The van der Waals surface area contributed by atoms with Crippen LogP contribution in [0.15, 0.2) is 40.2 Å². The monoisotopic (exact) mass is 245 g/mol. The lowest BCUT2D eigenvalue weighted by Gasteiger charge is -2.09. The Labute approximate surface area is 104 Å². The predicted molar refractivity (Wildman–Crippen MR) is 68.7 cm³/mol. The van der Waals surface area contributed by atoms with Gasteiger partial charge in [0.2, 0.25) is 0 Å². The maximum Gasteiger partial charge on any atom is 0.331 e. The van der Waals surface area contributed by atoms with Gasteiger partial charge in [0.25, 0.3) is 5.56 Å². The highest BCUT2D eigenvalue weighted by molar-refractivity contribution is 5.17. The molecule has 0 radical (unpaired) electrons. The first-order valence-corrected chi connectivity index (χ1v) is 5.84. The van der Waals surface area contributed by atoms with Crippen molar-refractivity contribution >= 4 is 0 Å². The summed E-state index contributed by atoms with van der Waals surface area (Å²) in [5.74, 6) is 0. The van der Waals surface area contributed by atoms with E-state index in [1.165, 1.54) is 21.4 Å². The zero-order valence-electron chi connectivity index (χ0n) is 10.5. The van der Waals surface area contributed by atoms with E-state index < -0.39 is 0 Å². The summed E-state index contributed by atoms with van der Waals surface area (Å²) in [6, 6.07) is 5.15. The number of hydrogen-bond donors (Lipinski definition) is 0. The van der Waals surface area contributed by atoms with Crippen molar-refractivity contribution < 1.29 is 0 Å². The molecule has 0 N–H and O–H groups in total. The van der Waals surface area contributed by atoms with Gasteiger partial charge < -0.3 is 4.57 Å². The molecular formula is C13H15N3O2. The molecule has 0 fully saturated rings. The van der Waals surface area contributed by atoms with Gasteiger partial charge in [0.1, 0.15) is 0 Å². The van der Waals surface area contributed by atoms with Gasteiger partial charge in [0.05, 0.1) is 12.2 Å². The summed E-state index contributed by atoms with van der Waals surface area (Å²) in [6.45, 7) is 4.53. The SMILES string of the molecule is CCn1ccc(=O)n(Cc2ncccc2C)c1=O. The maximum absolute atomic E-state index is 12.0. The van der Waals surface area contributed by atoms with Gasteiger partial charge >= 0.3 is 5.69 Å². The summed E-state index contributed by atoms with van der Waals surface area (Å²) in [5, 5.41) is 0. The van der Waals surface area contributed by atoms with Crippen molar-refractivity contribution in [2.45, 2.75) is 26.9 Å². The summed E-state index contributed by atoms with van der Waals surface area (Å²) in [5.41, 5.74) is 1.12. The highest BCUT2D eigenvalue weighted by Crippen LogP contribution is 2.03. The molecule has 0 aliphatic carbocycles. The fourth-order valence-electron chi connectivity index (χ4n) is 1.78. The molecule has 0 amide bonds. The summed E-state index contributed by atoms with van der Waals surface area (Å²) >= 11 is 0. The number of rotatable bonds is 3. The summed E-state index contributed by atoms with van der Waals surface area (Å²) in [4.78, 5) is 28.0. The van der Waals surface area contributed by atoms with Crippen molar-refractivity contribution in [3.63, 3.8) is 0 Å². The highest BCUT2D eigenvalue weighted by Gasteiger charge is 2.07. The highest BCUT2D eigenvalue weighted by atomic mass is 16.2. The Bertz CT molecular complexity index is 670. The third-order valence-corrected chi connectivity index (χ3v) is 2.91. The van der Waals surface area contributed by atoms with Crippen molar-refractivity contribution in [2.24, 2.45) is 0 Å². The normalized spacial score (nSPS) is 10.6. The maximum atomic E-state index is 12.0. The first-order chi connectivity index (χ1) is 8.63. The Kier molecular flexibility index (Phi) is 3.41. The van der Waals surface area contributed by atoms with Crippen LogP contribution in [0.2, 0.25) is 0 Å². The van der Waals surface area contributed by atoms with Gasteiger partial charge in [0, 0.05) is 25.0 Å². The fourth-order valence-corrected chi connectivity index (χ4v) is 1.78. The smallest absolute Gasteiger partial charge is 0.301 e. The van der Waals surface area contributed by atoms with Crippen LogP contribution in [0.1, 0.15) is 18.2 Å². The second-order valence-electron chi connectivity index (χ2n) is 4.08. The number of aromatic nitrogens is 3. The molecule has 2 aromatic rings. The third-order valence-electron chi connectivity index (χ3n) is 2.91. The number of aryl methyl sites for hydroxylation is 2. The molecule has 0 unspecified atom stereocenters. The van der Waals surface area contributed by atoms with Gasteiger partial charge in [-0.25, -0.2) is 4.79 Å². The lowest BCUT2D eigenvalue weighted by molar-refractivity contribution is 0.593. The average Bonchev–Trinajstić information content (AvgIpc) is 2.37. The molecule has 0 aliphatic heterocycles. The molecular weight excluding hydrogens is 230 g/mol. The van der Waals surface area contributed by atoms with Gasteiger partial charge in [-0.3, -0.25) is 14.3 Å². The summed E-state index contributed by atoms with van der Waals surface area (Å²) in [7, 11) is 0. The van der Waals surface area contributed by atoms with Crippen LogP contribution in [0, 0.1) is 6.92 Å². The molecule has 2 rings (SSSR count). The van der Waals surface area contributed by atoms with Crippen molar-refractivity contribution in [2.75, 3.05) is 0 Å². The molecule has 5 heteroatoms. The van der Waals surface area contributed by atoms with E-state index in [0.717, 1.165) is 11.3 Å². The molecule has 0 bridgehead atoms. The molecule has 18 heavy (non-hydrogen) atoms. The van der Waals surface area contributed by atoms with Crippen LogP contribution in [0.5, 0.6) is 0 Å². The zero-order chi connectivity index (χ0) is 13.1. The quantitative estimate of drug-likeness (QED) is 0.803. The van der Waals surface area contributed by atoms with Crippen LogP contribution in [-0.4, -0.2) is 14.1 Å². The van der Waals surface area contributed by atoms with E-state index >= 15 is 0 Å². The van der Waals surface area contributed by atoms with Crippen molar-refractivity contribution in [1.29, 1.82) is 0 Å². The molecule has 0 aromatic carbocycles. The van der Waals surface area contributed by atoms with Gasteiger partial charge in [-0.2, -0.15) is 0 Å². The van der Waals surface area contributed by atoms with E-state index in [0.29, 0.717) is 6.54 Å². The zero-order valence-corrected chi connectivity index (χ0v) is 10.5. The fraction of sp³-hybridized carbons (Fsp3) is 0.308. The first-order valence-electron chi connectivity index (χ1n) is 5.84. The summed E-state index contributed by atoms with van der Waals surface area (Å²) in [6.07, 6.45) is 3.18. The molecule has 5 nitrogen and oxygen atoms in total. The second kappa shape index (κ2) is 5.00. The largest absolute Gasteiger partial charge is 0.331 e. The van der Waals surface area contributed by atoms with Crippen LogP contribution in [0.3, 0.4) is 0 Å². The predicted octanol–water partition coefficient (Wildman–Crippen LogP) is 0.782. The number of hydrogen-bond acceptors (Lipinski definition) is 3. The average molecular weight is 245 g/mol. The molecule has 0 atom stereocenters. The Morgan fingerprint density at radius 1 is 1.28 bits per heavy atom. The van der Waals surface area contributed by atoms with Gasteiger partial charge in [-0.15, -0.1) is 0 Å². The molecule has 2 aromatic heterocycles. The minimum absolute atomic E-state index is 0.213. The molecule has 0 saturated heterocycles. The van der Waals surface area contributed by atoms with Crippen LogP contribution >= 0.6 is 0 Å². The first kappa shape index (κ1) is 12.3. The Morgan fingerprint density at radius 3 is 2.72 bits per heavy atom. The van der Waals surface area contributed by atoms with Crippen molar-refractivity contribution in [3.8, 4) is 0 Å². The lowest BCUT2D eigenvalue weighted by Crippen LogP contribution is -2.39. The molecule has 0 spiro atoms. The van der Waals surface area contributed by atoms with Crippen molar-refractivity contribution in [1.82, 2.24) is 14.1 Å². The second-order valence-corrected chi connectivity index (χ2v) is 4.08. The van der Waals surface area contributed by atoms with Gasteiger partial charge in [-0.1, -0.05) is 6.07 Å². The molecule has 0 saturated carbocycles. The van der Waals surface area contributed by atoms with Crippen LogP contribution < -0.4 is 11.2 Å². The topological polar surface area (TPSA) is 56.9 Å². The third kappa shape index (κ3) is 2.25. The lowest BCUT2D eigenvalue weighted by atomic mass is 10.2. The minimum atomic E-state index is -0.297. The van der Waals surface area contributed by atoms with E-state index in [4.69, 9.17) is 0 Å². The van der Waals surface area contributed by atoms with E-state index in [2.05, 4.69) is 4.98 Å². The molecule has 2 heterocycles. The van der Waals surface area contributed by atoms with Gasteiger partial charge in [-0.05, 0) is 25.5 Å². The van der Waals surface area contributed by atoms with Crippen LogP contribution in [0.25, 0.3) is 0 Å². The molecule has 0 aliphatic rings. The van der Waals surface area contributed by atoms with Crippen LogP contribution in [-0.2, 0) is 13.1 Å². The standard InChI is InChI=1S/C13H15N3O2/c1-3-15-8-6-12(17)16(13(15)18)9-11-10(2)5-4-7-14-11/h4-8H,3,9H2,1-2H3. The van der Waals surface area contributed by atoms with Gasteiger partial charge in [0.15, 0.2) is 0 Å². The van der Waals surface area contributed by atoms with E-state index in [1.54, 1.807) is 6.20 Å². The van der Waals surface area contributed by atoms with E-state index in [9.17, 15) is 9.59 Å². The summed E-state index contributed by atoms with van der Waals surface area (Å²) < 4.78 is 2.71. The van der Waals surface area contributed by atoms with Crippen molar-refractivity contribution in [3.05, 3.63) is 62.7 Å². The Morgan fingerprint density at radius 2 is 2.06 bits per heavy atom. The number of nitrogens with zero attached hydrogens (tertiary/aromatic N) is 3. The van der Waals surface area contributed by atoms with E-state index in [-0.39, 0.29) is 17.8 Å². The Hall–Kier alpha value is -2.17. The van der Waals surface area contributed by atoms with Crippen LogP contribution in [0.4, 0.5) is 0 Å². The number of pyridine rings is 1. The molecule has 94 valence electrons. The Balaban J connectivity index is 2.50. The minimum Gasteiger partial charge on any atom is -0.301 e.